The van der Waals surface area contributed by atoms with Gasteiger partial charge in [0, 0.05) is 11.6 Å². The Morgan fingerprint density at radius 3 is 2.33 bits per heavy atom. The molecule has 2 aromatic carbocycles. The fourth-order valence-electron chi connectivity index (χ4n) is 2.34. The molecule has 0 aromatic heterocycles. The number of ether oxygens (including phenoxy) is 4. The average Bonchev–Trinajstić information content (AvgIpc) is 2.64. The summed E-state index contributed by atoms with van der Waals surface area (Å²) in [5.74, 6) is 0.466. The van der Waals surface area contributed by atoms with Crippen LogP contribution < -0.4 is 24.3 Å². The summed E-state index contributed by atoms with van der Waals surface area (Å²) in [6, 6.07) is 9.02. The van der Waals surface area contributed by atoms with Crippen molar-refractivity contribution in [3.05, 3.63) is 42.0 Å². The molecule has 0 aliphatic carbocycles. The summed E-state index contributed by atoms with van der Waals surface area (Å²) in [6.07, 6.45) is 0. The Bertz CT molecular complexity index is 783. The van der Waals surface area contributed by atoms with Gasteiger partial charge in [-0.05, 0) is 44.2 Å². The number of rotatable bonds is 9. The van der Waals surface area contributed by atoms with Gasteiger partial charge in [-0.2, -0.15) is 8.78 Å². The van der Waals surface area contributed by atoms with Crippen LogP contribution >= 0.6 is 0 Å². The highest BCUT2D eigenvalue weighted by Gasteiger charge is 2.16. The SMILES string of the molecule is CCOc1ccc(OCC)c(NC(=O)c2ccc(OC(F)F)c(OC)c2)c1. The van der Waals surface area contributed by atoms with Gasteiger partial charge in [-0.3, -0.25) is 4.79 Å². The van der Waals surface area contributed by atoms with E-state index in [-0.39, 0.29) is 17.1 Å². The summed E-state index contributed by atoms with van der Waals surface area (Å²) in [7, 11) is 1.30. The van der Waals surface area contributed by atoms with Gasteiger partial charge < -0.3 is 24.3 Å². The van der Waals surface area contributed by atoms with Crippen molar-refractivity contribution < 1.29 is 32.5 Å². The van der Waals surface area contributed by atoms with Gasteiger partial charge in [0.25, 0.3) is 5.91 Å². The van der Waals surface area contributed by atoms with E-state index in [4.69, 9.17) is 14.2 Å². The summed E-state index contributed by atoms with van der Waals surface area (Å²) >= 11 is 0. The molecule has 27 heavy (non-hydrogen) atoms. The van der Waals surface area contributed by atoms with Crippen molar-refractivity contribution in [1.82, 2.24) is 0 Å². The van der Waals surface area contributed by atoms with Crippen LogP contribution in [0.15, 0.2) is 36.4 Å². The van der Waals surface area contributed by atoms with Crippen molar-refractivity contribution in [2.24, 2.45) is 0 Å². The van der Waals surface area contributed by atoms with E-state index in [1.807, 2.05) is 13.8 Å². The van der Waals surface area contributed by atoms with Crippen molar-refractivity contribution >= 4 is 11.6 Å². The summed E-state index contributed by atoms with van der Waals surface area (Å²) < 4.78 is 45.2. The molecule has 2 rings (SSSR count). The molecule has 0 heterocycles. The lowest BCUT2D eigenvalue weighted by Gasteiger charge is -2.14. The summed E-state index contributed by atoms with van der Waals surface area (Å²) in [5.41, 5.74) is 0.636. The monoisotopic (exact) mass is 381 g/mol. The van der Waals surface area contributed by atoms with E-state index in [1.54, 1.807) is 18.2 Å². The number of alkyl halides is 2. The van der Waals surface area contributed by atoms with Crippen LogP contribution in [-0.4, -0.2) is 32.8 Å². The molecule has 2 aromatic rings. The minimum Gasteiger partial charge on any atom is -0.494 e. The molecule has 1 amide bonds. The van der Waals surface area contributed by atoms with Crippen molar-refractivity contribution in [2.45, 2.75) is 20.5 Å². The lowest BCUT2D eigenvalue weighted by Crippen LogP contribution is -2.14. The van der Waals surface area contributed by atoms with Gasteiger partial charge in [-0.15, -0.1) is 0 Å². The number of nitrogens with one attached hydrogen (secondary N) is 1. The van der Waals surface area contributed by atoms with Crippen molar-refractivity contribution in [2.75, 3.05) is 25.6 Å². The first-order valence-corrected chi connectivity index (χ1v) is 8.32. The second-order valence-electron chi connectivity index (χ2n) is 5.22. The number of anilines is 1. The van der Waals surface area contributed by atoms with Crippen LogP contribution in [0.25, 0.3) is 0 Å². The number of methoxy groups -OCH3 is 1. The fraction of sp³-hybridized carbons (Fsp3) is 0.316. The number of benzene rings is 2. The average molecular weight is 381 g/mol. The molecular weight excluding hydrogens is 360 g/mol. The Morgan fingerprint density at radius 1 is 1.00 bits per heavy atom. The summed E-state index contributed by atoms with van der Waals surface area (Å²) in [5, 5.41) is 2.73. The van der Waals surface area contributed by atoms with Gasteiger partial charge in [-0.1, -0.05) is 0 Å². The highest BCUT2D eigenvalue weighted by Crippen LogP contribution is 2.32. The first-order valence-electron chi connectivity index (χ1n) is 8.32. The molecule has 0 saturated heterocycles. The number of hydrogen-bond acceptors (Lipinski definition) is 5. The number of halogens is 2. The molecule has 0 radical (unpaired) electrons. The minimum absolute atomic E-state index is 0.0241. The molecule has 1 N–H and O–H groups in total. The van der Waals surface area contributed by atoms with Gasteiger partial charge in [-0.25, -0.2) is 0 Å². The highest BCUT2D eigenvalue weighted by molar-refractivity contribution is 6.05. The fourth-order valence-corrected chi connectivity index (χ4v) is 2.34. The van der Waals surface area contributed by atoms with Gasteiger partial charge in [0.2, 0.25) is 0 Å². The molecule has 0 saturated carbocycles. The van der Waals surface area contributed by atoms with E-state index >= 15 is 0 Å². The normalized spacial score (nSPS) is 10.4. The maximum Gasteiger partial charge on any atom is 0.387 e. The van der Waals surface area contributed by atoms with Crippen LogP contribution in [0.2, 0.25) is 0 Å². The van der Waals surface area contributed by atoms with Gasteiger partial charge in [0.1, 0.15) is 11.5 Å². The Labute approximate surface area is 156 Å². The number of hydrogen-bond donors (Lipinski definition) is 1. The highest BCUT2D eigenvalue weighted by atomic mass is 19.3. The molecule has 0 spiro atoms. The van der Waals surface area contributed by atoms with Crippen molar-refractivity contribution in [3.63, 3.8) is 0 Å². The molecule has 0 unspecified atom stereocenters. The van der Waals surface area contributed by atoms with Crippen LogP contribution in [0.1, 0.15) is 24.2 Å². The third-order valence-corrected chi connectivity index (χ3v) is 3.45. The van der Waals surface area contributed by atoms with Crippen LogP contribution in [0.3, 0.4) is 0 Å². The molecule has 0 aliphatic heterocycles. The smallest absolute Gasteiger partial charge is 0.387 e. The van der Waals surface area contributed by atoms with E-state index in [0.717, 1.165) is 0 Å². The van der Waals surface area contributed by atoms with Gasteiger partial charge >= 0.3 is 6.61 Å². The molecular formula is C19H21F2NO5. The molecule has 8 heteroatoms. The molecule has 6 nitrogen and oxygen atoms in total. The number of carbonyl (C=O) groups excluding carboxylic acids is 1. The Balaban J connectivity index is 2.26. The second kappa shape index (κ2) is 9.61. The van der Waals surface area contributed by atoms with Crippen LogP contribution in [0.4, 0.5) is 14.5 Å². The molecule has 0 bridgehead atoms. The largest absolute Gasteiger partial charge is 0.494 e. The molecule has 0 aliphatic rings. The topological polar surface area (TPSA) is 66.0 Å². The predicted molar refractivity (Wildman–Crippen MR) is 96.4 cm³/mol. The standard InChI is InChI=1S/C19H21F2NO5/c1-4-25-13-7-9-15(26-5-2)14(11-13)22-18(23)12-6-8-16(27-19(20)21)17(10-12)24-3/h6-11,19H,4-5H2,1-3H3,(H,22,23). The number of carbonyl (C=O) groups is 1. The zero-order chi connectivity index (χ0) is 19.8. The Kier molecular flexibility index (Phi) is 7.22. The first kappa shape index (κ1) is 20.3. The maximum absolute atomic E-state index is 12.6. The third kappa shape index (κ3) is 5.47. The van der Waals surface area contributed by atoms with E-state index < -0.39 is 12.5 Å². The quantitative estimate of drug-likeness (QED) is 0.700. The van der Waals surface area contributed by atoms with Gasteiger partial charge in [0.15, 0.2) is 11.5 Å². The summed E-state index contributed by atoms with van der Waals surface area (Å²) in [6.45, 7) is 1.58. The molecule has 146 valence electrons. The summed E-state index contributed by atoms with van der Waals surface area (Å²) in [4.78, 5) is 12.6. The Hall–Kier alpha value is -3.03. The lowest BCUT2D eigenvalue weighted by molar-refractivity contribution is -0.0512. The predicted octanol–water partition coefficient (Wildman–Crippen LogP) is 4.35. The third-order valence-electron chi connectivity index (χ3n) is 3.45. The number of amides is 1. The van der Waals surface area contributed by atoms with E-state index in [2.05, 4.69) is 10.1 Å². The van der Waals surface area contributed by atoms with Crippen LogP contribution in [0.5, 0.6) is 23.0 Å². The van der Waals surface area contributed by atoms with Crippen LogP contribution in [0, 0.1) is 0 Å². The second-order valence-corrected chi connectivity index (χ2v) is 5.22. The van der Waals surface area contributed by atoms with E-state index in [0.29, 0.717) is 30.4 Å². The first-order chi connectivity index (χ1) is 13.0. The van der Waals surface area contributed by atoms with E-state index in [1.165, 1.54) is 25.3 Å². The zero-order valence-electron chi connectivity index (χ0n) is 15.3. The van der Waals surface area contributed by atoms with Crippen molar-refractivity contribution in [3.8, 4) is 23.0 Å². The van der Waals surface area contributed by atoms with E-state index in [9.17, 15) is 13.6 Å². The van der Waals surface area contributed by atoms with Crippen molar-refractivity contribution in [1.29, 1.82) is 0 Å². The molecule has 0 atom stereocenters. The lowest BCUT2D eigenvalue weighted by atomic mass is 10.1. The maximum atomic E-state index is 12.6. The molecule has 0 fully saturated rings. The van der Waals surface area contributed by atoms with Crippen LogP contribution in [-0.2, 0) is 0 Å². The minimum atomic E-state index is -2.99. The Morgan fingerprint density at radius 2 is 1.70 bits per heavy atom. The zero-order valence-corrected chi connectivity index (χ0v) is 15.3. The van der Waals surface area contributed by atoms with Gasteiger partial charge in [0.05, 0.1) is 26.0 Å².